The molecule has 11 atom stereocenters. The summed E-state index contributed by atoms with van der Waals surface area (Å²) in [6.45, 7) is 2.12. The zero-order chi connectivity index (χ0) is 44.0. The molecule has 2 aliphatic heterocycles. The fourth-order valence-electron chi connectivity index (χ4n) is 5.74. The van der Waals surface area contributed by atoms with Crippen molar-refractivity contribution in [2.45, 2.75) is 146 Å². The van der Waals surface area contributed by atoms with Gasteiger partial charge in [-0.25, -0.2) is 0 Å². The highest BCUT2D eigenvalue weighted by Gasteiger charge is 2.47. The Labute approximate surface area is 354 Å². The van der Waals surface area contributed by atoms with Crippen LogP contribution in [0.25, 0.3) is 0 Å². The molecule has 0 amide bonds. The molecule has 60 heavy (non-hydrogen) atoms. The Hall–Kier alpha value is -3.58. The minimum Gasteiger partial charge on any atom is -0.462 e. The summed E-state index contributed by atoms with van der Waals surface area (Å²) >= 11 is 0. The van der Waals surface area contributed by atoms with Gasteiger partial charge >= 0.3 is 11.9 Å². The largest absolute Gasteiger partial charge is 0.462 e. The molecule has 2 fully saturated rings. The van der Waals surface area contributed by atoms with Crippen LogP contribution in [0.2, 0.25) is 0 Å². The molecule has 0 spiro atoms. The molecule has 338 valence electrons. The first-order valence-electron chi connectivity index (χ1n) is 20.9. The molecular formula is C45H68O15. The molecule has 2 aliphatic rings. The van der Waals surface area contributed by atoms with Crippen molar-refractivity contribution in [3.63, 3.8) is 0 Å². The molecular weight excluding hydrogens is 780 g/mol. The van der Waals surface area contributed by atoms with Gasteiger partial charge in [-0.2, -0.15) is 0 Å². The number of hydrogen-bond donors (Lipinski definition) is 7. The molecule has 0 bridgehead atoms. The lowest BCUT2D eigenvalue weighted by Gasteiger charge is -2.42. The van der Waals surface area contributed by atoms with Gasteiger partial charge in [0.05, 0.1) is 19.8 Å². The van der Waals surface area contributed by atoms with Crippen LogP contribution >= 0.6 is 0 Å². The van der Waals surface area contributed by atoms with E-state index in [4.69, 9.17) is 28.4 Å². The van der Waals surface area contributed by atoms with Crippen molar-refractivity contribution >= 4 is 11.9 Å². The van der Waals surface area contributed by atoms with Gasteiger partial charge in [-0.15, -0.1) is 0 Å². The van der Waals surface area contributed by atoms with E-state index in [1.165, 1.54) is 0 Å². The number of aliphatic hydroxyl groups is 7. The summed E-state index contributed by atoms with van der Waals surface area (Å²) in [6, 6.07) is 0. The van der Waals surface area contributed by atoms with Crippen LogP contribution in [0.15, 0.2) is 97.2 Å². The molecule has 0 aromatic carbocycles. The molecule has 2 saturated heterocycles. The quantitative estimate of drug-likeness (QED) is 0.0259. The Bertz CT molecular complexity index is 1420. The van der Waals surface area contributed by atoms with E-state index in [0.717, 1.165) is 25.7 Å². The van der Waals surface area contributed by atoms with Gasteiger partial charge in [-0.05, 0) is 51.4 Å². The third kappa shape index (κ3) is 21.3. The Morgan fingerprint density at radius 2 is 1.05 bits per heavy atom. The van der Waals surface area contributed by atoms with Gasteiger partial charge in [-0.3, -0.25) is 9.59 Å². The predicted octanol–water partition coefficient (Wildman–Crippen LogP) is 3.47. The first kappa shape index (κ1) is 52.6. The summed E-state index contributed by atoms with van der Waals surface area (Å²) in [5.41, 5.74) is 0. The number of carbonyl (C=O) groups is 2. The molecule has 2 rings (SSSR count). The van der Waals surface area contributed by atoms with Crippen LogP contribution in [0, 0.1) is 0 Å². The second kappa shape index (κ2) is 32.2. The number of hydrogen-bond acceptors (Lipinski definition) is 15. The van der Waals surface area contributed by atoms with Crippen molar-refractivity contribution < 1.29 is 73.8 Å². The summed E-state index contributed by atoms with van der Waals surface area (Å²) in [4.78, 5) is 25.5. The normalized spacial score (nSPS) is 28.6. The lowest BCUT2D eigenvalue weighted by atomic mass is 9.98. The fraction of sp³-hybridized carbons (Fsp3) is 0.600. The molecule has 0 aromatic rings. The monoisotopic (exact) mass is 848 g/mol. The minimum atomic E-state index is -1.79. The molecule has 0 aromatic heterocycles. The third-order valence-corrected chi connectivity index (χ3v) is 9.19. The zero-order valence-electron chi connectivity index (χ0n) is 34.9. The Morgan fingerprint density at radius 1 is 0.550 bits per heavy atom. The molecule has 0 aliphatic carbocycles. The van der Waals surface area contributed by atoms with Crippen LogP contribution in [0.3, 0.4) is 0 Å². The van der Waals surface area contributed by atoms with Crippen LogP contribution in [0.4, 0.5) is 0 Å². The van der Waals surface area contributed by atoms with Crippen LogP contribution in [-0.4, -0.2) is 142 Å². The standard InChI is InChI=1S/C45H68O15/c1-3-5-7-9-11-13-15-16-18-20-22-24-26-28-37(48)58-33(30-55-36(47)27-25-23-21-19-17-14-12-10-8-6-4-2)31-56-44-43(54)41(52)39(50)35(60-44)32-57-45-42(53)40(51)38(49)34(29-46)59-45/h5-9,11-16,18-22,33-35,38-46,49-54H,3-4,10,17,23-32H2,1-2H3/b7-5+,8-6+,11-9+,14-12+,15-13+,18-16+,21-19+,22-20+/t33?,34-,35-,38+,39+,40?,41?,42?,43?,44-,45-/m1/s1. The Balaban J connectivity index is 1.95. The van der Waals surface area contributed by atoms with E-state index in [1.54, 1.807) is 0 Å². The van der Waals surface area contributed by atoms with Crippen molar-refractivity contribution in [2.75, 3.05) is 26.4 Å². The van der Waals surface area contributed by atoms with E-state index in [9.17, 15) is 45.3 Å². The van der Waals surface area contributed by atoms with Crippen molar-refractivity contribution in [1.82, 2.24) is 0 Å². The smallest absolute Gasteiger partial charge is 0.306 e. The summed E-state index contributed by atoms with van der Waals surface area (Å²) in [5.74, 6) is -1.09. The van der Waals surface area contributed by atoms with E-state index in [-0.39, 0.29) is 19.4 Å². The summed E-state index contributed by atoms with van der Waals surface area (Å²) < 4.78 is 33.2. The maximum absolute atomic E-state index is 12.9. The number of rotatable bonds is 28. The van der Waals surface area contributed by atoms with Gasteiger partial charge in [-0.1, -0.05) is 111 Å². The highest BCUT2D eigenvalue weighted by Crippen LogP contribution is 2.26. The summed E-state index contributed by atoms with van der Waals surface area (Å²) in [5, 5.41) is 71.7. The van der Waals surface area contributed by atoms with Gasteiger partial charge < -0.3 is 64.2 Å². The van der Waals surface area contributed by atoms with Crippen molar-refractivity contribution in [2.24, 2.45) is 0 Å². The molecule has 0 radical (unpaired) electrons. The molecule has 5 unspecified atom stereocenters. The third-order valence-electron chi connectivity index (χ3n) is 9.19. The van der Waals surface area contributed by atoms with Crippen LogP contribution in [-0.2, 0) is 38.0 Å². The number of ether oxygens (including phenoxy) is 6. The van der Waals surface area contributed by atoms with Crippen molar-refractivity contribution in [3.8, 4) is 0 Å². The van der Waals surface area contributed by atoms with E-state index in [1.807, 2.05) is 66.8 Å². The van der Waals surface area contributed by atoms with Gasteiger partial charge in [0.25, 0.3) is 0 Å². The summed E-state index contributed by atoms with van der Waals surface area (Å²) in [7, 11) is 0. The maximum atomic E-state index is 12.9. The average molecular weight is 849 g/mol. The number of esters is 2. The number of allylic oxidation sites excluding steroid dienone is 16. The second-order valence-electron chi connectivity index (χ2n) is 14.2. The fourth-order valence-corrected chi connectivity index (χ4v) is 5.74. The van der Waals surface area contributed by atoms with E-state index in [0.29, 0.717) is 25.7 Å². The molecule has 15 heteroatoms. The van der Waals surface area contributed by atoms with Crippen molar-refractivity contribution in [1.29, 1.82) is 0 Å². The number of aliphatic hydroxyl groups excluding tert-OH is 7. The van der Waals surface area contributed by atoms with Gasteiger partial charge in [0.15, 0.2) is 18.7 Å². The predicted molar refractivity (Wildman–Crippen MR) is 224 cm³/mol. The number of carbonyl (C=O) groups excluding carboxylic acids is 2. The maximum Gasteiger partial charge on any atom is 0.306 e. The van der Waals surface area contributed by atoms with Crippen molar-refractivity contribution in [3.05, 3.63) is 97.2 Å². The van der Waals surface area contributed by atoms with Gasteiger partial charge in [0.1, 0.15) is 55.4 Å². The lowest BCUT2D eigenvalue weighted by Crippen LogP contribution is -2.61. The minimum absolute atomic E-state index is 0.0519. The summed E-state index contributed by atoms with van der Waals surface area (Å²) in [6.07, 6.45) is 20.6. The van der Waals surface area contributed by atoms with Gasteiger partial charge in [0.2, 0.25) is 0 Å². The van der Waals surface area contributed by atoms with Gasteiger partial charge in [0, 0.05) is 12.8 Å². The molecule has 0 saturated carbocycles. The average Bonchev–Trinajstić information content (AvgIpc) is 3.24. The molecule has 7 N–H and O–H groups in total. The van der Waals surface area contributed by atoms with Crippen LogP contribution in [0.1, 0.15) is 78.1 Å². The van der Waals surface area contributed by atoms with E-state index < -0.39 is 99.3 Å². The highest BCUT2D eigenvalue weighted by molar-refractivity contribution is 5.70. The Kier molecular flexibility index (Phi) is 28.2. The second-order valence-corrected chi connectivity index (χ2v) is 14.2. The lowest BCUT2D eigenvalue weighted by molar-refractivity contribution is -0.332. The van der Waals surface area contributed by atoms with E-state index in [2.05, 4.69) is 44.2 Å². The first-order chi connectivity index (χ1) is 29.0. The van der Waals surface area contributed by atoms with Crippen LogP contribution < -0.4 is 0 Å². The zero-order valence-corrected chi connectivity index (χ0v) is 34.9. The molecule has 2 heterocycles. The first-order valence-corrected chi connectivity index (χ1v) is 20.9. The Morgan fingerprint density at radius 3 is 1.67 bits per heavy atom. The SMILES string of the molecule is CC/C=C/C=C/C=C/C=C/C=C/CCCC(=O)OC(COC(=O)CCC/C=C/C/C=C/C/C=C/CC)CO[C@@H]1O[C@H](CO[C@@H]2O[C@H](CO)[C@H](O)C(O)C2O)[C@H](O)C(O)C1O. The topological polar surface area (TPSA) is 231 Å². The number of unbranched alkanes of at least 4 members (excludes halogenated alkanes) is 2. The molecule has 15 nitrogen and oxygen atoms in total. The van der Waals surface area contributed by atoms with Crippen LogP contribution in [0.5, 0.6) is 0 Å². The highest BCUT2D eigenvalue weighted by atomic mass is 16.7. The van der Waals surface area contributed by atoms with E-state index >= 15 is 0 Å².